The molecule has 1 aromatic heterocycles. The molecular formula is C14H13NO2. The summed E-state index contributed by atoms with van der Waals surface area (Å²) in [4.78, 5) is 11.6. The fraction of sp³-hybridized carbons (Fsp3) is 0.0714. The molecule has 0 saturated carbocycles. The van der Waals surface area contributed by atoms with Crippen molar-refractivity contribution in [3.8, 4) is 0 Å². The van der Waals surface area contributed by atoms with Gasteiger partial charge >= 0.3 is 0 Å². The molecule has 0 unspecified atom stereocenters. The Balaban J connectivity index is 2.01. The molecule has 0 aliphatic carbocycles. The van der Waals surface area contributed by atoms with Crippen LogP contribution in [0.25, 0.3) is 6.08 Å². The van der Waals surface area contributed by atoms with Crippen LogP contribution in [-0.4, -0.2) is 5.91 Å². The summed E-state index contributed by atoms with van der Waals surface area (Å²) in [5.41, 5.74) is 1.86. The van der Waals surface area contributed by atoms with E-state index in [0.29, 0.717) is 5.76 Å². The predicted octanol–water partition coefficient (Wildman–Crippen LogP) is 3.24. The molecule has 1 amide bonds. The summed E-state index contributed by atoms with van der Waals surface area (Å²) in [7, 11) is 0. The molecule has 0 aliphatic heterocycles. The summed E-state index contributed by atoms with van der Waals surface area (Å²) in [6.45, 7) is 1.95. The molecule has 0 aliphatic rings. The van der Waals surface area contributed by atoms with Crippen LogP contribution in [0.4, 0.5) is 5.69 Å². The van der Waals surface area contributed by atoms with Crippen LogP contribution in [0.15, 0.2) is 53.2 Å². The standard InChI is InChI=1S/C14H13NO2/c1-11-5-2-3-7-13(11)15-14(16)9-8-12-6-4-10-17-12/h2-10H,1H3,(H,15,16). The Morgan fingerprint density at radius 3 is 2.76 bits per heavy atom. The predicted molar refractivity (Wildman–Crippen MR) is 67.6 cm³/mol. The first-order chi connectivity index (χ1) is 8.25. The topological polar surface area (TPSA) is 42.2 Å². The maximum atomic E-state index is 11.6. The average molecular weight is 227 g/mol. The van der Waals surface area contributed by atoms with Gasteiger partial charge in [0.2, 0.25) is 5.91 Å². The van der Waals surface area contributed by atoms with Gasteiger partial charge < -0.3 is 9.73 Å². The molecule has 86 valence electrons. The maximum Gasteiger partial charge on any atom is 0.248 e. The van der Waals surface area contributed by atoms with E-state index in [2.05, 4.69) is 5.32 Å². The van der Waals surface area contributed by atoms with E-state index >= 15 is 0 Å². The van der Waals surface area contributed by atoms with Crippen molar-refractivity contribution in [3.05, 3.63) is 60.1 Å². The Morgan fingerprint density at radius 1 is 1.24 bits per heavy atom. The van der Waals surface area contributed by atoms with E-state index in [4.69, 9.17) is 4.42 Å². The minimum Gasteiger partial charge on any atom is -0.465 e. The lowest BCUT2D eigenvalue weighted by molar-refractivity contribution is -0.111. The first-order valence-electron chi connectivity index (χ1n) is 5.34. The number of rotatable bonds is 3. The third kappa shape index (κ3) is 3.08. The van der Waals surface area contributed by atoms with Gasteiger partial charge in [0.05, 0.1) is 6.26 Å². The summed E-state index contributed by atoms with van der Waals surface area (Å²) in [6.07, 6.45) is 4.65. The number of hydrogen-bond acceptors (Lipinski definition) is 2. The smallest absolute Gasteiger partial charge is 0.248 e. The molecule has 17 heavy (non-hydrogen) atoms. The van der Waals surface area contributed by atoms with Crippen molar-refractivity contribution in [2.24, 2.45) is 0 Å². The number of benzene rings is 1. The number of para-hydroxylation sites is 1. The maximum absolute atomic E-state index is 11.6. The van der Waals surface area contributed by atoms with Crippen molar-refractivity contribution in [1.82, 2.24) is 0 Å². The van der Waals surface area contributed by atoms with Gasteiger partial charge in [-0.25, -0.2) is 0 Å². The molecule has 3 nitrogen and oxygen atoms in total. The van der Waals surface area contributed by atoms with Crippen molar-refractivity contribution >= 4 is 17.7 Å². The highest BCUT2D eigenvalue weighted by molar-refractivity contribution is 6.02. The number of carbonyl (C=O) groups excluding carboxylic acids is 1. The zero-order valence-electron chi connectivity index (χ0n) is 9.51. The second kappa shape index (κ2) is 5.16. The lowest BCUT2D eigenvalue weighted by Gasteiger charge is -2.04. The number of carbonyl (C=O) groups is 1. The molecule has 0 atom stereocenters. The van der Waals surface area contributed by atoms with Crippen LogP contribution in [0, 0.1) is 6.92 Å². The minimum absolute atomic E-state index is 0.171. The lowest BCUT2D eigenvalue weighted by atomic mass is 10.2. The van der Waals surface area contributed by atoms with Gasteiger partial charge in [-0.1, -0.05) is 18.2 Å². The normalized spacial score (nSPS) is 10.6. The molecule has 3 heteroatoms. The summed E-state index contributed by atoms with van der Waals surface area (Å²) < 4.78 is 5.09. The van der Waals surface area contributed by atoms with Crippen molar-refractivity contribution < 1.29 is 9.21 Å². The van der Waals surface area contributed by atoms with Gasteiger partial charge in [0.25, 0.3) is 0 Å². The lowest BCUT2D eigenvalue weighted by Crippen LogP contribution is -2.08. The third-order valence-electron chi connectivity index (χ3n) is 2.35. The van der Waals surface area contributed by atoms with E-state index in [9.17, 15) is 4.79 Å². The minimum atomic E-state index is -0.171. The molecule has 1 heterocycles. The number of hydrogen-bond donors (Lipinski definition) is 1. The number of anilines is 1. The quantitative estimate of drug-likeness (QED) is 0.818. The van der Waals surface area contributed by atoms with E-state index in [0.717, 1.165) is 11.3 Å². The Kier molecular flexibility index (Phi) is 3.40. The van der Waals surface area contributed by atoms with E-state index in [1.165, 1.54) is 6.08 Å². The van der Waals surface area contributed by atoms with Gasteiger partial charge in [0, 0.05) is 11.8 Å². The Bertz CT molecular complexity index is 527. The molecule has 2 rings (SSSR count). The van der Waals surface area contributed by atoms with Crippen LogP contribution in [0.3, 0.4) is 0 Å². The molecule has 1 N–H and O–H groups in total. The Labute approximate surface area is 99.8 Å². The van der Waals surface area contributed by atoms with Crippen LogP contribution in [0.2, 0.25) is 0 Å². The number of furan rings is 1. The van der Waals surface area contributed by atoms with Gasteiger partial charge in [-0.05, 0) is 36.8 Å². The summed E-state index contributed by atoms with van der Waals surface area (Å²) in [5.74, 6) is 0.487. The van der Waals surface area contributed by atoms with Crippen LogP contribution in [0.1, 0.15) is 11.3 Å². The fourth-order valence-corrected chi connectivity index (χ4v) is 1.43. The number of aryl methyl sites for hydroxylation is 1. The van der Waals surface area contributed by atoms with Crippen molar-refractivity contribution in [2.75, 3.05) is 5.32 Å². The number of amides is 1. The molecule has 0 bridgehead atoms. The van der Waals surface area contributed by atoms with Gasteiger partial charge in [0.15, 0.2) is 0 Å². The third-order valence-corrected chi connectivity index (χ3v) is 2.35. The van der Waals surface area contributed by atoms with Gasteiger partial charge in [-0.15, -0.1) is 0 Å². The average Bonchev–Trinajstić information content (AvgIpc) is 2.82. The Morgan fingerprint density at radius 2 is 2.06 bits per heavy atom. The molecule has 2 aromatic rings. The first-order valence-corrected chi connectivity index (χ1v) is 5.34. The summed E-state index contributed by atoms with van der Waals surface area (Å²) in [5, 5.41) is 2.81. The van der Waals surface area contributed by atoms with E-state index in [1.54, 1.807) is 24.5 Å². The van der Waals surface area contributed by atoms with Crippen LogP contribution < -0.4 is 5.32 Å². The van der Waals surface area contributed by atoms with Gasteiger partial charge in [-0.2, -0.15) is 0 Å². The van der Waals surface area contributed by atoms with Crippen molar-refractivity contribution in [3.63, 3.8) is 0 Å². The van der Waals surface area contributed by atoms with Gasteiger partial charge in [0.1, 0.15) is 5.76 Å². The SMILES string of the molecule is Cc1ccccc1NC(=O)C=Cc1ccco1. The molecule has 0 saturated heterocycles. The highest BCUT2D eigenvalue weighted by atomic mass is 16.3. The zero-order chi connectivity index (χ0) is 12.1. The zero-order valence-corrected chi connectivity index (χ0v) is 9.51. The molecule has 0 radical (unpaired) electrons. The second-order valence-electron chi connectivity index (χ2n) is 3.65. The molecule has 0 spiro atoms. The van der Waals surface area contributed by atoms with E-state index < -0.39 is 0 Å². The van der Waals surface area contributed by atoms with Crippen molar-refractivity contribution in [1.29, 1.82) is 0 Å². The molecular weight excluding hydrogens is 214 g/mol. The highest BCUT2D eigenvalue weighted by Crippen LogP contribution is 2.13. The second-order valence-corrected chi connectivity index (χ2v) is 3.65. The van der Waals surface area contributed by atoms with Crippen LogP contribution in [-0.2, 0) is 4.79 Å². The van der Waals surface area contributed by atoms with Gasteiger partial charge in [-0.3, -0.25) is 4.79 Å². The van der Waals surface area contributed by atoms with Crippen molar-refractivity contribution in [2.45, 2.75) is 6.92 Å². The molecule has 0 fully saturated rings. The van der Waals surface area contributed by atoms with Crippen LogP contribution >= 0.6 is 0 Å². The van der Waals surface area contributed by atoms with Crippen LogP contribution in [0.5, 0.6) is 0 Å². The van der Waals surface area contributed by atoms with E-state index in [1.807, 2.05) is 31.2 Å². The number of nitrogens with one attached hydrogen (secondary N) is 1. The summed E-state index contributed by atoms with van der Waals surface area (Å²) in [6, 6.07) is 11.2. The highest BCUT2D eigenvalue weighted by Gasteiger charge is 2.00. The largest absolute Gasteiger partial charge is 0.465 e. The fourth-order valence-electron chi connectivity index (χ4n) is 1.43. The molecule has 1 aromatic carbocycles. The Hall–Kier alpha value is -2.29. The monoisotopic (exact) mass is 227 g/mol. The first kappa shape index (κ1) is 11.2. The van der Waals surface area contributed by atoms with E-state index in [-0.39, 0.29) is 5.91 Å². The summed E-state index contributed by atoms with van der Waals surface area (Å²) >= 11 is 0.